The molecule has 5 nitrogen and oxygen atoms in total. The van der Waals surface area contributed by atoms with Gasteiger partial charge in [-0.05, 0) is 12.3 Å². The first-order valence-corrected chi connectivity index (χ1v) is 7.77. The third-order valence-electron chi connectivity index (χ3n) is 3.28. The molecule has 0 aliphatic carbocycles. The maximum absolute atomic E-state index is 12.2. The van der Waals surface area contributed by atoms with Gasteiger partial charge >= 0.3 is 0 Å². The van der Waals surface area contributed by atoms with Crippen LogP contribution < -0.4 is 5.32 Å². The van der Waals surface area contributed by atoms with Crippen LogP contribution in [0.2, 0.25) is 0 Å². The number of hydrogen-bond donors (Lipinski definition) is 1. The first-order chi connectivity index (χ1) is 8.98. The second-order valence-corrected chi connectivity index (χ2v) is 6.84. The molecule has 2 heterocycles. The van der Waals surface area contributed by atoms with Crippen molar-refractivity contribution in [2.24, 2.45) is 10.4 Å². The number of nitrogens with zero attached hydrogens (tertiary/aromatic N) is 2. The number of morpholine rings is 1. The van der Waals surface area contributed by atoms with Crippen LogP contribution in [0.3, 0.4) is 0 Å². The summed E-state index contributed by atoms with van der Waals surface area (Å²) in [6.45, 7) is 9.81. The first-order valence-electron chi connectivity index (χ1n) is 6.78. The van der Waals surface area contributed by atoms with Crippen LogP contribution in [0.4, 0.5) is 0 Å². The van der Waals surface area contributed by atoms with E-state index in [2.05, 4.69) is 24.2 Å². The van der Waals surface area contributed by atoms with Crippen molar-refractivity contribution in [2.45, 2.75) is 26.8 Å². The quantitative estimate of drug-likeness (QED) is 0.821. The fourth-order valence-electron chi connectivity index (χ4n) is 2.03. The summed E-state index contributed by atoms with van der Waals surface area (Å²) in [5, 5.41) is 4.13. The number of carbonyl (C=O) groups is 1. The molecule has 0 aromatic rings. The molecule has 1 amide bonds. The second kappa shape index (κ2) is 6.13. The van der Waals surface area contributed by atoms with E-state index in [0.717, 1.165) is 17.5 Å². The van der Waals surface area contributed by atoms with Gasteiger partial charge in [0.15, 0.2) is 5.17 Å². The summed E-state index contributed by atoms with van der Waals surface area (Å²) in [6.07, 6.45) is 0. The van der Waals surface area contributed by atoms with Crippen LogP contribution in [0.15, 0.2) is 4.99 Å². The number of nitrogens with one attached hydrogen (secondary N) is 1. The molecule has 1 saturated heterocycles. The minimum atomic E-state index is -0.217. The van der Waals surface area contributed by atoms with E-state index < -0.39 is 0 Å². The van der Waals surface area contributed by atoms with E-state index in [9.17, 15) is 4.79 Å². The van der Waals surface area contributed by atoms with Crippen molar-refractivity contribution in [1.29, 1.82) is 0 Å². The highest BCUT2D eigenvalue weighted by atomic mass is 32.2. The number of ether oxygens (including phenoxy) is 1. The number of carbonyl (C=O) groups excluding carboxylic acids is 1. The molecule has 1 fully saturated rings. The van der Waals surface area contributed by atoms with Crippen LogP contribution in [0.1, 0.15) is 20.8 Å². The first kappa shape index (κ1) is 14.7. The van der Waals surface area contributed by atoms with Gasteiger partial charge in [0.05, 0.1) is 13.2 Å². The SMILES string of the molecule is CC(NC1=NCC(C)(C)CS1)C(=O)N1CCOCC1. The summed E-state index contributed by atoms with van der Waals surface area (Å²) in [6, 6.07) is -0.217. The fraction of sp³-hybridized carbons (Fsp3) is 0.846. The van der Waals surface area contributed by atoms with E-state index in [1.54, 1.807) is 11.8 Å². The zero-order chi connectivity index (χ0) is 13.9. The van der Waals surface area contributed by atoms with Gasteiger partial charge in [-0.15, -0.1) is 0 Å². The molecule has 0 aromatic heterocycles. The minimum absolute atomic E-state index is 0.136. The summed E-state index contributed by atoms with van der Waals surface area (Å²) in [5.74, 6) is 1.17. The molecule has 19 heavy (non-hydrogen) atoms. The highest BCUT2D eigenvalue weighted by Crippen LogP contribution is 2.27. The van der Waals surface area contributed by atoms with Crippen molar-refractivity contribution in [1.82, 2.24) is 10.2 Å². The Morgan fingerprint density at radius 3 is 2.74 bits per heavy atom. The highest BCUT2D eigenvalue weighted by Gasteiger charge is 2.27. The predicted octanol–water partition coefficient (Wildman–Crippen LogP) is 0.952. The normalized spacial score (nSPS) is 24.6. The van der Waals surface area contributed by atoms with Gasteiger partial charge in [0, 0.05) is 25.4 Å². The lowest BCUT2D eigenvalue weighted by atomic mass is 9.97. The number of amides is 1. The molecule has 0 radical (unpaired) electrons. The molecule has 1 N–H and O–H groups in total. The topological polar surface area (TPSA) is 53.9 Å². The number of rotatable bonds is 2. The van der Waals surface area contributed by atoms with Crippen molar-refractivity contribution in [3.8, 4) is 0 Å². The zero-order valence-electron chi connectivity index (χ0n) is 11.9. The third kappa shape index (κ3) is 4.11. The monoisotopic (exact) mass is 285 g/mol. The lowest BCUT2D eigenvalue weighted by Gasteiger charge is -2.31. The van der Waals surface area contributed by atoms with E-state index >= 15 is 0 Å². The van der Waals surface area contributed by atoms with E-state index in [1.165, 1.54) is 0 Å². The Hall–Kier alpha value is -0.750. The van der Waals surface area contributed by atoms with Crippen molar-refractivity contribution in [3.63, 3.8) is 0 Å². The maximum Gasteiger partial charge on any atom is 0.244 e. The Bertz CT molecular complexity index is 365. The second-order valence-electron chi connectivity index (χ2n) is 5.88. The molecule has 0 saturated carbocycles. The predicted molar refractivity (Wildman–Crippen MR) is 78.5 cm³/mol. The fourth-order valence-corrected chi connectivity index (χ4v) is 3.07. The maximum atomic E-state index is 12.2. The van der Waals surface area contributed by atoms with E-state index in [0.29, 0.717) is 26.3 Å². The molecule has 1 atom stereocenters. The van der Waals surface area contributed by atoms with Crippen LogP contribution in [0, 0.1) is 5.41 Å². The zero-order valence-corrected chi connectivity index (χ0v) is 12.8. The molecule has 0 bridgehead atoms. The number of thioether (sulfide) groups is 1. The Kier molecular flexibility index (Phi) is 4.73. The Morgan fingerprint density at radius 2 is 2.16 bits per heavy atom. The summed E-state index contributed by atoms with van der Waals surface area (Å²) >= 11 is 1.71. The minimum Gasteiger partial charge on any atom is -0.378 e. The molecular weight excluding hydrogens is 262 g/mol. The van der Waals surface area contributed by atoms with Gasteiger partial charge in [-0.1, -0.05) is 25.6 Å². The molecular formula is C13H23N3O2S. The van der Waals surface area contributed by atoms with E-state index in [4.69, 9.17) is 4.74 Å². The van der Waals surface area contributed by atoms with Crippen molar-refractivity contribution in [2.75, 3.05) is 38.6 Å². The van der Waals surface area contributed by atoms with E-state index in [1.807, 2.05) is 11.8 Å². The highest BCUT2D eigenvalue weighted by molar-refractivity contribution is 8.13. The van der Waals surface area contributed by atoms with Crippen LogP contribution >= 0.6 is 11.8 Å². The average Bonchev–Trinajstić information content (AvgIpc) is 2.41. The van der Waals surface area contributed by atoms with Crippen LogP contribution in [0.25, 0.3) is 0 Å². The largest absolute Gasteiger partial charge is 0.378 e. The summed E-state index contributed by atoms with van der Waals surface area (Å²) in [5.41, 5.74) is 0.257. The Balaban J connectivity index is 1.85. The molecule has 1 unspecified atom stereocenters. The molecule has 2 aliphatic heterocycles. The standard InChI is InChI=1S/C13H23N3O2S/c1-10(11(17)16-4-6-18-7-5-16)15-12-14-8-13(2,3)9-19-12/h10H,4-9H2,1-3H3,(H,14,15). The molecule has 6 heteroatoms. The van der Waals surface area contributed by atoms with Gasteiger partial charge in [-0.3, -0.25) is 9.79 Å². The van der Waals surface area contributed by atoms with Crippen LogP contribution in [-0.2, 0) is 9.53 Å². The van der Waals surface area contributed by atoms with Crippen molar-refractivity contribution < 1.29 is 9.53 Å². The van der Waals surface area contributed by atoms with Gasteiger partial charge in [-0.25, -0.2) is 0 Å². The third-order valence-corrected chi connectivity index (χ3v) is 4.73. The Morgan fingerprint density at radius 1 is 1.47 bits per heavy atom. The van der Waals surface area contributed by atoms with Gasteiger partial charge in [-0.2, -0.15) is 0 Å². The summed E-state index contributed by atoms with van der Waals surface area (Å²) in [4.78, 5) is 18.6. The summed E-state index contributed by atoms with van der Waals surface area (Å²) < 4.78 is 5.26. The lowest BCUT2D eigenvalue weighted by Crippen LogP contribution is -2.50. The molecule has 2 rings (SSSR count). The van der Waals surface area contributed by atoms with Gasteiger partial charge in [0.1, 0.15) is 6.04 Å². The smallest absolute Gasteiger partial charge is 0.244 e. The summed E-state index contributed by atoms with van der Waals surface area (Å²) in [7, 11) is 0. The number of aliphatic imine (C=N–C) groups is 1. The van der Waals surface area contributed by atoms with Gasteiger partial charge < -0.3 is 15.0 Å². The molecule has 0 spiro atoms. The van der Waals surface area contributed by atoms with Crippen molar-refractivity contribution >= 4 is 22.8 Å². The molecule has 108 valence electrons. The molecule has 2 aliphatic rings. The van der Waals surface area contributed by atoms with E-state index in [-0.39, 0.29) is 17.4 Å². The lowest BCUT2D eigenvalue weighted by molar-refractivity contribution is -0.136. The van der Waals surface area contributed by atoms with Crippen LogP contribution in [-0.4, -0.2) is 60.6 Å². The molecule has 0 aromatic carbocycles. The van der Waals surface area contributed by atoms with Gasteiger partial charge in [0.25, 0.3) is 0 Å². The number of hydrogen-bond acceptors (Lipinski definition) is 5. The van der Waals surface area contributed by atoms with Gasteiger partial charge in [0.2, 0.25) is 5.91 Å². The average molecular weight is 285 g/mol. The Labute approximate surface area is 119 Å². The number of amidine groups is 1. The van der Waals surface area contributed by atoms with Crippen molar-refractivity contribution in [3.05, 3.63) is 0 Å². The van der Waals surface area contributed by atoms with Crippen LogP contribution in [0.5, 0.6) is 0 Å².